The fourth-order valence-corrected chi connectivity index (χ4v) is 4.17. The zero-order valence-corrected chi connectivity index (χ0v) is 13.7. The monoisotopic (exact) mass is 317 g/mol. The van der Waals surface area contributed by atoms with Crippen LogP contribution in [0.15, 0.2) is 0 Å². The number of carbonyl (C=O) groups excluding carboxylic acids is 1. The Morgan fingerprint density at radius 1 is 1.14 bits per heavy atom. The molecule has 1 saturated heterocycles. The first-order valence-corrected chi connectivity index (χ1v) is 9.61. The van der Waals surface area contributed by atoms with E-state index in [0.717, 1.165) is 32.5 Å². The Kier molecular flexibility index (Phi) is 6.01. The van der Waals surface area contributed by atoms with E-state index in [1.165, 1.54) is 12.8 Å². The Morgan fingerprint density at radius 3 is 2.33 bits per heavy atom. The summed E-state index contributed by atoms with van der Waals surface area (Å²) in [6.07, 6.45) is 4.40. The van der Waals surface area contributed by atoms with Gasteiger partial charge in [-0.25, -0.2) is 8.42 Å². The van der Waals surface area contributed by atoms with Crippen LogP contribution in [0.1, 0.15) is 32.6 Å². The van der Waals surface area contributed by atoms with Crippen molar-refractivity contribution in [3.8, 4) is 0 Å². The number of hydrogen-bond donors (Lipinski definition) is 1. The van der Waals surface area contributed by atoms with Gasteiger partial charge in [-0.05, 0) is 19.8 Å². The lowest BCUT2D eigenvalue weighted by molar-refractivity contribution is -0.124. The highest BCUT2D eigenvalue weighted by atomic mass is 32.2. The van der Waals surface area contributed by atoms with Gasteiger partial charge in [0.15, 0.2) is 0 Å². The molecule has 1 N–H and O–H groups in total. The van der Waals surface area contributed by atoms with Crippen molar-refractivity contribution in [3.63, 3.8) is 0 Å². The lowest BCUT2D eigenvalue weighted by atomic mass is 10.1. The van der Waals surface area contributed by atoms with Gasteiger partial charge in [0.25, 0.3) is 0 Å². The quantitative estimate of drug-likeness (QED) is 0.763. The van der Waals surface area contributed by atoms with Gasteiger partial charge in [0.05, 0.1) is 5.75 Å². The van der Waals surface area contributed by atoms with Gasteiger partial charge >= 0.3 is 0 Å². The highest BCUT2D eigenvalue weighted by molar-refractivity contribution is 7.89. The molecule has 0 spiro atoms. The van der Waals surface area contributed by atoms with Crippen LogP contribution in [0, 0.1) is 5.92 Å². The van der Waals surface area contributed by atoms with E-state index >= 15 is 0 Å². The minimum atomic E-state index is -3.05. The summed E-state index contributed by atoms with van der Waals surface area (Å²) in [5.74, 6) is 0.584. The van der Waals surface area contributed by atoms with Crippen molar-refractivity contribution < 1.29 is 13.2 Å². The van der Waals surface area contributed by atoms with E-state index in [-0.39, 0.29) is 17.6 Å². The van der Waals surface area contributed by atoms with Crippen molar-refractivity contribution in [2.24, 2.45) is 5.92 Å². The van der Waals surface area contributed by atoms with Gasteiger partial charge in [-0.1, -0.05) is 12.8 Å². The summed E-state index contributed by atoms with van der Waals surface area (Å²) in [5, 5.41) is 3.01. The maximum atomic E-state index is 11.9. The van der Waals surface area contributed by atoms with E-state index in [0.29, 0.717) is 19.6 Å². The molecule has 0 unspecified atom stereocenters. The molecule has 1 aliphatic carbocycles. The van der Waals surface area contributed by atoms with Crippen LogP contribution < -0.4 is 5.32 Å². The van der Waals surface area contributed by atoms with E-state index < -0.39 is 10.0 Å². The van der Waals surface area contributed by atoms with Crippen LogP contribution in [0.3, 0.4) is 0 Å². The van der Waals surface area contributed by atoms with Gasteiger partial charge in [0.2, 0.25) is 15.9 Å². The van der Waals surface area contributed by atoms with Crippen molar-refractivity contribution in [3.05, 3.63) is 0 Å². The van der Waals surface area contributed by atoms with Gasteiger partial charge in [0, 0.05) is 45.2 Å². The van der Waals surface area contributed by atoms with Crippen LogP contribution in [0.2, 0.25) is 0 Å². The van der Waals surface area contributed by atoms with Gasteiger partial charge in [-0.2, -0.15) is 4.31 Å². The maximum Gasteiger partial charge on any atom is 0.223 e. The van der Waals surface area contributed by atoms with E-state index in [9.17, 15) is 13.2 Å². The van der Waals surface area contributed by atoms with Crippen LogP contribution in [-0.2, 0) is 14.8 Å². The molecule has 0 aromatic heterocycles. The zero-order valence-electron chi connectivity index (χ0n) is 12.9. The van der Waals surface area contributed by atoms with Crippen molar-refractivity contribution in [1.29, 1.82) is 0 Å². The number of sulfonamides is 1. The third kappa shape index (κ3) is 4.66. The molecule has 122 valence electrons. The molecule has 1 amide bonds. The first-order valence-electron chi connectivity index (χ1n) is 8.01. The van der Waals surface area contributed by atoms with Gasteiger partial charge in [-0.15, -0.1) is 0 Å². The Bertz CT molecular complexity index is 438. The molecule has 2 fully saturated rings. The van der Waals surface area contributed by atoms with Crippen LogP contribution in [0.4, 0.5) is 0 Å². The molecule has 1 heterocycles. The van der Waals surface area contributed by atoms with Crippen LogP contribution in [0.5, 0.6) is 0 Å². The number of hydrogen-bond acceptors (Lipinski definition) is 4. The largest absolute Gasteiger partial charge is 0.355 e. The molecule has 2 aliphatic rings. The minimum Gasteiger partial charge on any atom is -0.355 e. The first kappa shape index (κ1) is 16.7. The molecular weight excluding hydrogens is 290 g/mol. The highest BCUT2D eigenvalue weighted by Gasteiger charge is 2.26. The van der Waals surface area contributed by atoms with E-state index in [1.807, 2.05) is 0 Å². The lowest BCUT2D eigenvalue weighted by Gasteiger charge is -2.33. The number of amides is 1. The molecular formula is C14H27N3O3S. The third-order valence-electron chi connectivity index (χ3n) is 4.54. The summed E-state index contributed by atoms with van der Waals surface area (Å²) in [7, 11) is -3.05. The van der Waals surface area contributed by atoms with Crippen molar-refractivity contribution in [2.45, 2.75) is 32.6 Å². The first-order chi connectivity index (χ1) is 10.0. The second-order valence-corrected chi connectivity index (χ2v) is 8.17. The molecule has 2 rings (SSSR count). The number of rotatable bonds is 6. The Morgan fingerprint density at radius 2 is 1.76 bits per heavy atom. The van der Waals surface area contributed by atoms with Crippen molar-refractivity contribution >= 4 is 15.9 Å². The summed E-state index contributed by atoms with van der Waals surface area (Å²) in [6, 6.07) is 0. The lowest BCUT2D eigenvalue weighted by Crippen LogP contribution is -2.50. The average molecular weight is 317 g/mol. The molecule has 21 heavy (non-hydrogen) atoms. The molecule has 7 heteroatoms. The summed E-state index contributed by atoms with van der Waals surface area (Å²) in [4.78, 5) is 14.1. The highest BCUT2D eigenvalue weighted by Crippen LogP contribution is 2.24. The zero-order chi connectivity index (χ0) is 15.3. The molecule has 0 radical (unpaired) electrons. The van der Waals surface area contributed by atoms with E-state index in [1.54, 1.807) is 11.2 Å². The number of piperazine rings is 1. The maximum absolute atomic E-state index is 11.9. The molecule has 1 aliphatic heterocycles. The number of nitrogens with one attached hydrogen (secondary N) is 1. The summed E-state index contributed by atoms with van der Waals surface area (Å²) in [5.41, 5.74) is 0. The van der Waals surface area contributed by atoms with Gasteiger partial charge in [0.1, 0.15) is 0 Å². The molecule has 0 atom stereocenters. The van der Waals surface area contributed by atoms with Crippen molar-refractivity contribution in [2.75, 3.05) is 45.0 Å². The fraction of sp³-hybridized carbons (Fsp3) is 0.929. The van der Waals surface area contributed by atoms with Crippen LogP contribution in [0.25, 0.3) is 0 Å². The average Bonchev–Trinajstić information content (AvgIpc) is 3.02. The van der Waals surface area contributed by atoms with Crippen molar-refractivity contribution in [1.82, 2.24) is 14.5 Å². The predicted molar refractivity (Wildman–Crippen MR) is 82.4 cm³/mol. The van der Waals surface area contributed by atoms with Crippen LogP contribution >= 0.6 is 0 Å². The van der Waals surface area contributed by atoms with E-state index in [4.69, 9.17) is 0 Å². The fourth-order valence-electron chi connectivity index (χ4n) is 3.08. The normalized spacial score (nSPS) is 22.5. The summed E-state index contributed by atoms with van der Waals surface area (Å²) >= 11 is 0. The van der Waals surface area contributed by atoms with Crippen LogP contribution in [-0.4, -0.2) is 68.6 Å². The van der Waals surface area contributed by atoms with E-state index in [2.05, 4.69) is 10.2 Å². The summed E-state index contributed by atoms with van der Waals surface area (Å²) in [6.45, 7) is 5.77. The number of nitrogens with zero attached hydrogens (tertiary/aromatic N) is 2. The Labute approximate surface area is 127 Å². The standard InChI is InChI=1S/C14H27N3O3S/c1-2-21(19,20)17-11-9-16(10-12-17)8-7-15-14(18)13-5-3-4-6-13/h13H,2-12H2,1H3,(H,15,18). The molecule has 0 aromatic carbocycles. The summed E-state index contributed by atoms with van der Waals surface area (Å²) < 4.78 is 25.1. The topological polar surface area (TPSA) is 69.7 Å². The van der Waals surface area contributed by atoms with Gasteiger partial charge < -0.3 is 5.32 Å². The number of carbonyl (C=O) groups is 1. The molecule has 6 nitrogen and oxygen atoms in total. The van der Waals surface area contributed by atoms with Gasteiger partial charge in [-0.3, -0.25) is 9.69 Å². The predicted octanol–water partition coefficient (Wildman–Crippen LogP) is 0.260. The molecule has 1 saturated carbocycles. The minimum absolute atomic E-state index is 0.171. The Hall–Kier alpha value is -0.660. The second-order valence-electron chi connectivity index (χ2n) is 5.91. The third-order valence-corrected chi connectivity index (χ3v) is 6.42. The Balaban J connectivity index is 1.64. The molecule has 0 aromatic rings. The smallest absolute Gasteiger partial charge is 0.223 e. The SMILES string of the molecule is CCS(=O)(=O)N1CCN(CCNC(=O)C2CCCC2)CC1. The molecule has 0 bridgehead atoms. The second kappa shape index (κ2) is 7.56.